The minimum atomic E-state index is 0. The van der Waals surface area contributed by atoms with E-state index in [1.165, 1.54) is 19.3 Å². The molecule has 3 radical (unpaired) electrons. The van der Waals surface area contributed by atoms with Gasteiger partial charge in [0.1, 0.15) is 0 Å². The summed E-state index contributed by atoms with van der Waals surface area (Å²) >= 11 is 0. The summed E-state index contributed by atoms with van der Waals surface area (Å²) in [6, 6.07) is 0. The third-order valence-corrected chi connectivity index (χ3v) is 0. The Kier molecular flexibility index (Phi) is 166. The van der Waals surface area contributed by atoms with Crippen molar-refractivity contribution in [1.29, 1.82) is 0 Å². The summed E-state index contributed by atoms with van der Waals surface area (Å²) in [4.78, 5) is 0. The van der Waals surface area contributed by atoms with Crippen LogP contribution in [0.25, 0.3) is 0 Å². The summed E-state index contributed by atoms with van der Waals surface area (Å²) < 4.78 is 0. The van der Waals surface area contributed by atoms with Crippen molar-refractivity contribution >= 4 is 46.9 Å². The van der Waals surface area contributed by atoms with E-state index < -0.39 is 0 Å². The van der Waals surface area contributed by atoms with E-state index in [1.807, 2.05) is 0 Å². The van der Waals surface area contributed by atoms with E-state index in [-0.39, 0.29) is 46.9 Å². The van der Waals surface area contributed by atoms with Crippen LogP contribution in [0.2, 0.25) is 0 Å². The second-order valence-electron chi connectivity index (χ2n) is 2.12. The molecule has 0 saturated carbocycles. The van der Waals surface area contributed by atoms with Gasteiger partial charge in [0.15, 0.2) is 0 Å². The number of hydrogen-bond donors (Lipinski definition) is 0. The molecule has 0 aromatic carbocycles. The van der Waals surface area contributed by atoms with Crippen LogP contribution in [-0.4, -0.2) is 46.9 Å². The van der Waals surface area contributed by atoms with Crippen LogP contribution in [-0.2, 0) is 0 Å². The number of rotatable bonds is 0. The Morgan fingerprint density at radius 2 is 0.545 bits per heavy atom. The average Bonchev–Trinajstić information content (AvgIpc) is 1.70. The van der Waals surface area contributed by atoms with Gasteiger partial charge in [0.2, 0.25) is 0 Å². The third-order valence-electron chi connectivity index (χ3n) is 0. The van der Waals surface area contributed by atoms with Gasteiger partial charge in [-0.2, -0.15) is 0 Å². The van der Waals surface area contributed by atoms with Crippen molar-refractivity contribution in [3.8, 4) is 0 Å². The van der Waals surface area contributed by atoms with Crippen LogP contribution in [0.15, 0.2) is 0 Å². The van der Waals surface area contributed by atoms with E-state index in [4.69, 9.17) is 0 Å². The normalized spacial score (nSPS) is 4.91. The first-order chi connectivity index (χ1) is 4.24. The Hall–Kier alpha value is 1.53. The standard InChI is InChI=1S/3C3H8.Al.Na.H/c3*1-3-2;;;/h3*3H2,1-2H3;;;. The van der Waals surface area contributed by atoms with Gasteiger partial charge in [-0.05, 0) is 0 Å². The van der Waals surface area contributed by atoms with Gasteiger partial charge in [-0.25, -0.2) is 0 Å². The van der Waals surface area contributed by atoms with Crippen molar-refractivity contribution in [2.75, 3.05) is 0 Å². The van der Waals surface area contributed by atoms with E-state index in [2.05, 4.69) is 41.5 Å². The Balaban J connectivity index is -0.0000000150. The van der Waals surface area contributed by atoms with Gasteiger partial charge in [0, 0.05) is 17.4 Å². The molecule has 0 N–H and O–H groups in total. The molecule has 0 aliphatic heterocycles. The fourth-order valence-electron chi connectivity index (χ4n) is 0. The summed E-state index contributed by atoms with van der Waals surface area (Å²) in [6.45, 7) is 12.8. The molecule has 0 heterocycles. The molecular weight excluding hydrogens is 158 g/mol. The van der Waals surface area contributed by atoms with Gasteiger partial charge in [0.05, 0.1) is 0 Å². The molecule has 0 nitrogen and oxygen atoms in total. The van der Waals surface area contributed by atoms with Crippen LogP contribution in [0.5, 0.6) is 0 Å². The molecular formula is C9H25AlNa. The third kappa shape index (κ3) is 446. The van der Waals surface area contributed by atoms with Crippen LogP contribution in [0, 0.1) is 0 Å². The quantitative estimate of drug-likeness (QED) is 0.506. The van der Waals surface area contributed by atoms with Crippen molar-refractivity contribution in [2.24, 2.45) is 0 Å². The molecule has 0 saturated heterocycles. The van der Waals surface area contributed by atoms with Crippen LogP contribution in [0.3, 0.4) is 0 Å². The molecule has 0 atom stereocenters. The first kappa shape index (κ1) is 29.4. The second kappa shape index (κ2) is 62.3. The topological polar surface area (TPSA) is 0 Å². The van der Waals surface area contributed by atoms with Crippen LogP contribution < -0.4 is 0 Å². The monoisotopic (exact) mass is 183 g/mol. The zero-order valence-corrected chi connectivity index (χ0v) is 9.85. The molecule has 0 aliphatic rings. The first-order valence-electron chi connectivity index (χ1n) is 4.24. The van der Waals surface area contributed by atoms with E-state index in [0.29, 0.717) is 0 Å². The van der Waals surface area contributed by atoms with Crippen LogP contribution in [0.4, 0.5) is 0 Å². The molecule has 0 unspecified atom stereocenters. The zero-order chi connectivity index (χ0) is 8.12. The Labute approximate surface area is 107 Å². The van der Waals surface area contributed by atoms with Crippen molar-refractivity contribution < 1.29 is 0 Å². The maximum atomic E-state index is 2.12. The summed E-state index contributed by atoms with van der Waals surface area (Å²) in [5.41, 5.74) is 0. The molecule has 0 bridgehead atoms. The molecule has 0 aromatic heterocycles. The van der Waals surface area contributed by atoms with Gasteiger partial charge in [-0.1, -0.05) is 60.8 Å². The Morgan fingerprint density at radius 3 is 0.545 bits per heavy atom. The van der Waals surface area contributed by atoms with Gasteiger partial charge in [0.25, 0.3) is 0 Å². The predicted octanol–water partition coefficient (Wildman–Crippen LogP) is 3.22. The fourth-order valence-corrected chi connectivity index (χ4v) is 0. The Morgan fingerprint density at radius 1 is 0.545 bits per heavy atom. The maximum absolute atomic E-state index is 2.12. The molecule has 0 aliphatic carbocycles. The molecule has 2 heteroatoms. The van der Waals surface area contributed by atoms with E-state index in [0.717, 1.165) is 0 Å². The van der Waals surface area contributed by atoms with Crippen LogP contribution >= 0.6 is 0 Å². The summed E-state index contributed by atoms with van der Waals surface area (Å²) in [6.07, 6.45) is 3.75. The molecule has 65 valence electrons. The summed E-state index contributed by atoms with van der Waals surface area (Å²) in [5, 5.41) is 0. The van der Waals surface area contributed by atoms with E-state index >= 15 is 0 Å². The van der Waals surface area contributed by atoms with E-state index in [9.17, 15) is 0 Å². The molecule has 0 fully saturated rings. The summed E-state index contributed by atoms with van der Waals surface area (Å²) in [5.74, 6) is 0. The van der Waals surface area contributed by atoms with Crippen molar-refractivity contribution in [3.05, 3.63) is 0 Å². The first-order valence-corrected chi connectivity index (χ1v) is 4.24. The molecule has 0 amide bonds. The van der Waals surface area contributed by atoms with E-state index in [1.54, 1.807) is 0 Å². The fraction of sp³-hybridized carbons (Fsp3) is 1.00. The zero-order valence-electron chi connectivity index (χ0n) is 8.70. The Bertz CT molecular complexity index is 14.3. The minimum absolute atomic E-state index is 0. The molecule has 0 spiro atoms. The average molecular weight is 183 g/mol. The predicted molar refractivity (Wildman–Crippen MR) is 60.8 cm³/mol. The summed E-state index contributed by atoms with van der Waals surface area (Å²) in [7, 11) is 0. The van der Waals surface area contributed by atoms with Crippen molar-refractivity contribution in [2.45, 2.75) is 60.8 Å². The van der Waals surface area contributed by atoms with Gasteiger partial charge in [-0.15, -0.1) is 0 Å². The molecule has 11 heavy (non-hydrogen) atoms. The SMILES string of the molecule is CCC.CCC.CCC.[Al].[NaH]. The molecule has 0 aromatic rings. The van der Waals surface area contributed by atoms with Gasteiger partial charge >= 0.3 is 29.6 Å². The number of hydrogen-bond acceptors (Lipinski definition) is 0. The van der Waals surface area contributed by atoms with Crippen molar-refractivity contribution in [3.63, 3.8) is 0 Å². The van der Waals surface area contributed by atoms with Gasteiger partial charge < -0.3 is 0 Å². The second-order valence-corrected chi connectivity index (χ2v) is 2.12. The van der Waals surface area contributed by atoms with Crippen LogP contribution in [0.1, 0.15) is 60.8 Å². The molecule has 0 rings (SSSR count). The van der Waals surface area contributed by atoms with Crippen molar-refractivity contribution in [1.82, 2.24) is 0 Å². The van der Waals surface area contributed by atoms with Gasteiger partial charge in [-0.3, -0.25) is 0 Å².